The summed E-state index contributed by atoms with van der Waals surface area (Å²) >= 11 is 1.13. The summed E-state index contributed by atoms with van der Waals surface area (Å²) in [6, 6.07) is 1.82. The van der Waals surface area contributed by atoms with Gasteiger partial charge in [-0.1, -0.05) is 0 Å². The standard InChI is InChI=1S/C25H28F2N7O6PS.Na/c1-3-39-17-6-4-16(5-7-17)34-12-19(23(32-34)22-18(26)8-9-21(27)31-22)29-24(35)20-13-42-25(30-20)15-10-28-33(11-15)14(2)40-41(36,37)38;/h8-14,16-17H,3-7H2,1-2H3,(H,29,35)(H2,36,37,38);/q;+1/p-1/t14?,16-,17-;. The fourth-order valence-electron chi connectivity index (χ4n) is 4.73. The second-order valence-corrected chi connectivity index (χ2v) is 11.6. The van der Waals surface area contributed by atoms with Crippen LogP contribution in [-0.4, -0.2) is 53.0 Å². The van der Waals surface area contributed by atoms with Crippen LogP contribution in [0.25, 0.3) is 22.0 Å². The summed E-state index contributed by atoms with van der Waals surface area (Å²) in [5.41, 5.74) is 0.298. The molecule has 0 saturated heterocycles. The van der Waals surface area contributed by atoms with Gasteiger partial charge in [0, 0.05) is 29.9 Å². The van der Waals surface area contributed by atoms with E-state index in [0.717, 1.165) is 49.2 Å². The first kappa shape index (κ1) is 33.5. The number of hydrogen-bond acceptors (Lipinski definition) is 10. The van der Waals surface area contributed by atoms with Gasteiger partial charge in [0.25, 0.3) is 13.7 Å². The van der Waals surface area contributed by atoms with Crippen LogP contribution in [0.2, 0.25) is 0 Å². The molecule has 13 nitrogen and oxygen atoms in total. The Morgan fingerprint density at radius 2 is 1.98 bits per heavy atom. The molecule has 18 heteroatoms. The number of pyridine rings is 1. The quantitative estimate of drug-likeness (QED) is 0.146. The third-order valence-electron chi connectivity index (χ3n) is 6.68. The first-order chi connectivity index (χ1) is 20.0. The van der Waals surface area contributed by atoms with E-state index in [0.29, 0.717) is 17.2 Å². The summed E-state index contributed by atoms with van der Waals surface area (Å²) in [6.07, 6.45) is 6.63. The van der Waals surface area contributed by atoms with Gasteiger partial charge in [0.15, 0.2) is 12.0 Å². The van der Waals surface area contributed by atoms with Crippen molar-refractivity contribution in [2.75, 3.05) is 11.9 Å². The maximum atomic E-state index is 14.7. The molecule has 224 valence electrons. The zero-order valence-corrected chi connectivity index (χ0v) is 27.2. The maximum absolute atomic E-state index is 14.7. The fraction of sp³-hybridized carbons (Fsp3) is 0.400. The number of ether oxygens (including phenoxy) is 1. The number of phosphoric acid groups is 1. The number of amides is 1. The van der Waals surface area contributed by atoms with Gasteiger partial charge in [0.05, 0.1) is 24.0 Å². The first-order valence-electron chi connectivity index (χ1n) is 13.1. The number of aromatic nitrogens is 6. The van der Waals surface area contributed by atoms with Gasteiger partial charge in [-0.15, -0.1) is 11.3 Å². The van der Waals surface area contributed by atoms with E-state index in [1.165, 1.54) is 29.4 Å². The Balaban J connectivity index is 0.00000423. The van der Waals surface area contributed by atoms with Gasteiger partial charge in [0.2, 0.25) is 5.95 Å². The normalized spacial score (nSPS) is 18.9. The molecule has 0 aliphatic heterocycles. The van der Waals surface area contributed by atoms with E-state index in [1.54, 1.807) is 10.9 Å². The third kappa shape index (κ3) is 8.21. The van der Waals surface area contributed by atoms with Crippen LogP contribution in [0, 0.1) is 11.8 Å². The number of nitrogens with zero attached hydrogens (tertiary/aromatic N) is 6. The summed E-state index contributed by atoms with van der Waals surface area (Å²) in [5, 5.41) is 13.1. The minimum Gasteiger partial charge on any atom is -0.756 e. The Morgan fingerprint density at radius 3 is 2.67 bits per heavy atom. The number of phosphoric ester groups is 1. The smallest absolute Gasteiger partial charge is 0.756 e. The second kappa shape index (κ2) is 14.1. The Bertz CT molecular complexity index is 1620. The molecule has 2 atom stereocenters. The molecule has 1 saturated carbocycles. The average molecular weight is 646 g/mol. The molecule has 0 radical (unpaired) electrons. The number of rotatable bonds is 10. The number of halogens is 2. The van der Waals surface area contributed by atoms with Crippen molar-refractivity contribution in [3.63, 3.8) is 0 Å². The zero-order chi connectivity index (χ0) is 30.0. The van der Waals surface area contributed by atoms with E-state index >= 15 is 0 Å². The van der Waals surface area contributed by atoms with E-state index < -0.39 is 31.7 Å². The van der Waals surface area contributed by atoms with E-state index in [4.69, 9.17) is 9.63 Å². The molecule has 5 rings (SSSR count). The van der Waals surface area contributed by atoms with Crippen molar-refractivity contribution in [3.8, 4) is 22.0 Å². The average Bonchev–Trinajstić information content (AvgIpc) is 3.70. The van der Waals surface area contributed by atoms with E-state index in [2.05, 4.69) is 30.0 Å². The molecule has 1 fully saturated rings. The monoisotopic (exact) mass is 645 g/mol. The minimum atomic E-state index is -4.98. The van der Waals surface area contributed by atoms with Crippen LogP contribution in [0.5, 0.6) is 0 Å². The van der Waals surface area contributed by atoms with Crippen molar-refractivity contribution < 1.29 is 66.7 Å². The Kier molecular flexibility index (Phi) is 11.0. The third-order valence-corrected chi connectivity index (χ3v) is 8.14. The van der Waals surface area contributed by atoms with Gasteiger partial charge in [0.1, 0.15) is 22.1 Å². The van der Waals surface area contributed by atoms with Crippen LogP contribution >= 0.6 is 19.2 Å². The van der Waals surface area contributed by atoms with Gasteiger partial charge in [-0.2, -0.15) is 14.6 Å². The fourth-order valence-corrected chi connectivity index (χ4v) is 5.98. The van der Waals surface area contributed by atoms with Gasteiger partial charge < -0.3 is 19.8 Å². The van der Waals surface area contributed by atoms with Crippen LogP contribution in [0.1, 0.15) is 62.3 Å². The van der Waals surface area contributed by atoms with Crippen LogP contribution in [0.3, 0.4) is 0 Å². The molecule has 43 heavy (non-hydrogen) atoms. The number of hydrogen-bond donors (Lipinski definition) is 2. The predicted octanol–water partition coefficient (Wildman–Crippen LogP) is 1.32. The molecular formula is C25H27F2N7NaO6PS. The molecule has 1 amide bonds. The van der Waals surface area contributed by atoms with Crippen LogP contribution in [0.15, 0.2) is 36.1 Å². The van der Waals surface area contributed by atoms with Gasteiger partial charge in [-0.05, 0) is 51.7 Å². The van der Waals surface area contributed by atoms with Crippen LogP contribution in [0.4, 0.5) is 14.5 Å². The zero-order valence-electron chi connectivity index (χ0n) is 23.5. The summed E-state index contributed by atoms with van der Waals surface area (Å²) < 4.78 is 52.8. The topological polar surface area (TPSA) is 169 Å². The van der Waals surface area contributed by atoms with Crippen LogP contribution < -0.4 is 39.8 Å². The first-order valence-corrected chi connectivity index (χ1v) is 15.4. The molecule has 4 aromatic heterocycles. The molecule has 0 aromatic carbocycles. The Labute approximate surface area is 271 Å². The number of carbonyl (C=O) groups is 1. The van der Waals surface area contributed by atoms with Crippen molar-refractivity contribution in [1.82, 2.24) is 29.5 Å². The van der Waals surface area contributed by atoms with Gasteiger partial charge >= 0.3 is 29.6 Å². The van der Waals surface area contributed by atoms with Crippen molar-refractivity contribution in [2.45, 2.75) is 57.9 Å². The van der Waals surface area contributed by atoms with E-state index in [1.807, 2.05) is 6.92 Å². The minimum absolute atomic E-state index is 0. The van der Waals surface area contributed by atoms with Crippen LogP contribution in [-0.2, 0) is 13.8 Å². The molecule has 1 aliphatic rings. The molecule has 2 N–H and O–H groups in total. The van der Waals surface area contributed by atoms with E-state index in [-0.39, 0.29) is 64.5 Å². The Morgan fingerprint density at radius 1 is 1.23 bits per heavy atom. The van der Waals surface area contributed by atoms with Gasteiger partial charge in [-0.3, -0.25) is 18.6 Å². The number of thiazole rings is 1. The summed E-state index contributed by atoms with van der Waals surface area (Å²) in [4.78, 5) is 41.2. The predicted molar refractivity (Wildman–Crippen MR) is 145 cm³/mol. The molecule has 0 spiro atoms. The molecule has 2 unspecified atom stereocenters. The molecule has 0 bridgehead atoms. The summed E-state index contributed by atoms with van der Waals surface area (Å²) in [5.74, 6) is -2.30. The molecular weight excluding hydrogens is 618 g/mol. The largest absolute Gasteiger partial charge is 1.00 e. The number of nitrogens with one attached hydrogen (secondary N) is 1. The summed E-state index contributed by atoms with van der Waals surface area (Å²) in [6.45, 7) is 3.95. The van der Waals surface area contributed by atoms with Crippen molar-refractivity contribution in [2.24, 2.45) is 0 Å². The van der Waals surface area contributed by atoms with Gasteiger partial charge in [-0.25, -0.2) is 19.0 Å². The second-order valence-electron chi connectivity index (χ2n) is 9.60. The molecule has 4 heterocycles. The van der Waals surface area contributed by atoms with Crippen molar-refractivity contribution >= 4 is 30.8 Å². The summed E-state index contributed by atoms with van der Waals surface area (Å²) in [7, 11) is -4.98. The number of anilines is 1. The Hall–Kier alpha value is -2.40. The van der Waals surface area contributed by atoms with E-state index in [9.17, 15) is 23.0 Å². The van der Waals surface area contributed by atoms with Crippen molar-refractivity contribution in [1.29, 1.82) is 0 Å². The molecule has 1 aliphatic carbocycles. The SMILES string of the molecule is CCO[C@H]1CC[C@H](n2cc(NC(=O)c3csc(-c4cnn(C(C)OP(=O)([O-])O)c4)n3)c(-c3nc(F)ccc3F)n2)CC1.[Na+]. The molecule has 4 aromatic rings. The van der Waals surface area contributed by atoms with Crippen molar-refractivity contribution in [3.05, 3.63) is 53.6 Å². The number of carbonyl (C=O) groups excluding carboxylic acids is 1. The maximum Gasteiger partial charge on any atom is 1.00 e.